The minimum absolute atomic E-state index is 0.0132. The van der Waals surface area contributed by atoms with Crippen molar-refractivity contribution in [3.63, 3.8) is 0 Å². The number of carbonyl (C=O) groups is 2. The third-order valence-corrected chi connectivity index (χ3v) is 22.2. The Morgan fingerprint density at radius 1 is 0.537 bits per heavy atom. The zero-order chi connectivity index (χ0) is 63.8. The monoisotopic (exact) mass is 1330 g/mol. The van der Waals surface area contributed by atoms with Crippen molar-refractivity contribution < 1.29 is 23.8 Å². The van der Waals surface area contributed by atoms with Gasteiger partial charge in [-0.3, -0.25) is 19.4 Å². The first-order chi connectivity index (χ1) is 46.8. The first-order valence-corrected chi connectivity index (χ1v) is 35.2. The van der Waals surface area contributed by atoms with Gasteiger partial charge >= 0.3 is 0 Å². The van der Waals surface area contributed by atoms with Crippen molar-refractivity contribution in [3.8, 4) is 6.19 Å². The number of morpholine rings is 3. The summed E-state index contributed by atoms with van der Waals surface area (Å²) in [6.07, 6.45) is 12.0. The average molecular weight is 1330 g/mol. The zero-order valence-corrected chi connectivity index (χ0v) is 54.9. The summed E-state index contributed by atoms with van der Waals surface area (Å²) in [5, 5.41) is 15.7. The van der Waals surface area contributed by atoms with Gasteiger partial charge in [0.25, 0.3) is 0 Å². The minimum Gasteiger partial charge on any atom is -0.378 e. The lowest BCUT2D eigenvalue weighted by molar-refractivity contribution is 0.0399. The van der Waals surface area contributed by atoms with Crippen LogP contribution in [0.25, 0.3) is 42.9 Å². The maximum atomic E-state index is 14.1. The molecule has 0 bridgehead atoms. The quantitative estimate of drug-likeness (QED) is 0.0498. The van der Waals surface area contributed by atoms with E-state index in [-0.39, 0.29) is 36.2 Å². The lowest BCUT2D eigenvalue weighted by Crippen LogP contribution is -2.47. The summed E-state index contributed by atoms with van der Waals surface area (Å²) >= 11 is 4.49. The van der Waals surface area contributed by atoms with Crippen molar-refractivity contribution in [2.45, 2.75) is 37.9 Å². The van der Waals surface area contributed by atoms with E-state index in [1.807, 2.05) is 23.7 Å². The molecule has 0 amide bonds. The van der Waals surface area contributed by atoms with Crippen LogP contribution in [0, 0.1) is 17.4 Å². The van der Waals surface area contributed by atoms with Gasteiger partial charge in [0.2, 0.25) is 12.0 Å². The molecule has 12 heterocycles. The van der Waals surface area contributed by atoms with E-state index in [1.54, 1.807) is 25.2 Å². The number of nitrogens with zero attached hydrogens (tertiary/aromatic N) is 18. The van der Waals surface area contributed by atoms with Crippen LogP contribution in [-0.4, -0.2) is 198 Å². The van der Waals surface area contributed by atoms with Gasteiger partial charge in [-0.25, -0.2) is 39.9 Å². The number of anilines is 6. The predicted octanol–water partition coefficient (Wildman–Crippen LogP) is 9.53. The van der Waals surface area contributed by atoms with Crippen molar-refractivity contribution in [2.24, 2.45) is 10.9 Å². The Morgan fingerprint density at radius 2 is 1.13 bits per heavy atom. The highest BCUT2D eigenvalue weighted by molar-refractivity contribution is 7.20. The van der Waals surface area contributed by atoms with E-state index in [0.29, 0.717) is 57.7 Å². The lowest BCUT2D eigenvalue weighted by atomic mass is 9.93. The van der Waals surface area contributed by atoms with Gasteiger partial charge in [-0.1, -0.05) is 6.07 Å². The Hall–Kier alpha value is -8.78. The first kappa shape index (κ1) is 61.1. The number of benzene rings is 4. The Labute approximate surface area is 560 Å². The first-order valence-electron chi connectivity index (χ1n) is 32.7. The molecule has 16 rings (SSSR count). The topological polar surface area (TPSA) is 227 Å². The molecule has 0 aliphatic carbocycles. The molecule has 6 aliphatic heterocycles. The number of carbonyl (C=O) groups excluding carboxylic acids is 2. The predicted molar refractivity (Wildman–Crippen MR) is 372 cm³/mol. The van der Waals surface area contributed by atoms with E-state index < -0.39 is 0 Å². The maximum Gasteiger partial charge on any atom is 0.206 e. The summed E-state index contributed by atoms with van der Waals surface area (Å²) < 4.78 is 19.4. The number of ketones is 2. The number of ether oxygens (including phenoxy) is 3. The van der Waals surface area contributed by atoms with Crippen LogP contribution in [0.1, 0.15) is 72.8 Å². The summed E-state index contributed by atoms with van der Waals surface area (Å²) in [5.41, 5.74) is 8.50. The Morgan fingerprint density at radius 3 is 1.76 bits per heavy atom. The molecule has 26 heteroatoms. The second-order valence-corrected chi connectivity index (χ2v) is 28.1. The number of nitriles is 1. The second-order valence-electron chi connectivity index (χ2n) is 25.0. The molecule has 10 aromatic rings. The second kappa shape index (κ2) is 27.1. The summed E-state index contributed by atoms with van der Waals surface area (Å²) in [4.78, 5) is 90.1. The molecule has 6 saturated heterocycles. The fourth-order valence-corrected chi connectivity index (χ4v) is 17.0. The SMILES string of the molecule is N#CN=C(c1nccs1)C1CCCN(c2ncnc3cc(N4CCOC(c5ccc(C(=O)CN6CCCN(c7ncnc8cc(N9CCOC(c%10ccc%11nc(C(=O)CN%12CCCN(c%13ncnc%14cc(N%15CCOCC%15)ccc%13%14)C%12)sc%11c%10)C9)ccc78)C6)s5)C4)ccc23)C1. The molecular weight excluding hydrogens is 1260 g/mol. The van der Waals surface area contributed by atoms with Gasteiger partial charge in [0.1, 0.15) is 53.7 Å². The largest absolute Gasteiger partial charge is 0.378 e. The molecule has 3 atom stereocenters. The van der Waals surface area contributed by atoms with E-state index in [2.05, 4.69) is 127 Å². The average Bonchev–Trinajstić information content (AvgIpc) is 1.18. The van der Waals surface area contributed by atoms with Crippen LogP contribution in [0.2, 0.25) is 0 Å². The number of rotatable bonds is 16. The van der Waals surface area contributed by atoms with Gasteiger partial charge < -0.3 is 43.6 Å². The molecule has 0 saturated carbocycles. The van der Waals surface area contributed by atoms with Crippen molar-refractivity contribution in [2.75, 3.05) is 161 Å². The number of thiophene rings is 1. The lowest BCUT2D eigenvalue weighted by Gasteiger charge is -2.36. The highest BCUT2D eigenvalue weighted by Crippen LogP contribution is 2.38. The van der Waals surface area contributed by atoms with Gasteiger partial charge in [0.05, 0.1) is 90.2 Å². The number of piperidine rings is 1. The van der Waals surface area contributed by atoms with Gasteiger partial charge in [-0.2, -0.15) is 10.3 Å². The van der Waals surface area contributed by atoms with Crippen LogP contribution in [0.3, 0.4) is 0 Å². The Balaban J connectivity index is 0.527. The van der Waals surface area contributed by atoms with E-state index in [9.17, 15) is 14.9 Å². The fourth-order valence-electron chi connectivity index (χ4n) is 14.3. The van der Waals surface area contributed by atoms with Crippen molar-refractivity contribution >= 4 is 129 Å². The van der Waals surface area contributed by atoms with Gasteiger partial charge in [0.15, 0.2) is 10.8 Å². The van der Waals surface area contributed by atoms with Gasteiger partial charge in [-0.05, 0) is 110 Å². The van der Waals surface area contributed by atoms with Crippen LogP contribution in [-0.2, 0) is 14.2 Å². The molecular formula is C69H70N18O5S3. The number of fused-ring (bicyclic) bond motifs is 4. The number of aliphatic imine (C=N–C) groups is 1. The molecule has 6 aromatic heterocycles. The molecule has 0 N–H and O–H groups in total. The summed E-state index contributed by atoms with van der Waals surface area (Å²) in [7, 11) is 0. The third-order valence-electron chi connectivity index (χ3n) is 19.1. The molecule has 0 radical (unpaired) electrons. The number of hydrogen-bond acceptors (Lipinski definition) is 26. The maximum absolute atomic E-state index is 14.1. The molecule has 95 heavy (non-hydrogen) atoms. The van der Waals surface area contributed by atoms with Crippen LogP contribution in [0.5, 0.6) is 0 Å². The highest BCUT2D eigenvalue weighted by atomic mass is 32.1. The highest BCUT2D eigenvalue weighted by Gasteiger charge is 2.32. The number of hydrogen-bond donors (Lipinski definition) is 0. The summed E-state index contributed by atoms with van der Waals surface area (Å²) in [6, 6.07) is 29.5. The molecule has 6 fully saturated rings. The van der Waals surface area contributed by atoms with Crippen LogP contribution >= 0.6 is 34.0 Å². The Bertz CT molecular complexity index is 4560. The van der Waals surface area contributed by atoms with Crippen molar-refractivity contribution in [1.82, 2.24) is 49.7 Å². The van der Waals surface area contributed by atoms with Crippen LogP contribution in [0.15, 0.2) is 120 Å². The molecule has 3 unspecified atom stereocenters. The Kier molecular flexibility index (Phi) is 17.5. The van der Waals surface area contributed by atoms with Crippen LogP contribution in [0.4, 0.5) is 34.5 Å². The van der Waals surface area contributed by atoms with Gasteiger partial charge in [-0.15, -0.1) is 34.0 Å². The molecule has 0 spiro atoms. The van der Waals surface area contributed by atoms with Crippen molar-refractivity contribution in [1.29, 1.82) is 5.26 Å². The number of aromatic nitrogens is 8. The third kappa shape index (κ3) is 12.9. The van der Waals surface area contributed by atoms with Crippen LogP contribution < -0.4 is 29.4 Å². The molecule has 6 aliphatic rings. The van der Waals surface area contributed by atoms with E-state index in [1.165, 1.54) is 34.0 Å². The van der Waals surface area contributed by atoms with E-state index in [4.69, 9.17) is 44.1 Å². The summed E-state index contributed by atoms with van der Waals surface area (Å²) in [6.45, 7) is 13.6. The molecule has 484 valence electrons. The number of thiazole rings is 2. The minimum atomic E-state index is -0.186. The van der Waals surface area contributed by atoms with E-state index in [0.717, 1.165) is 201 Å². The fraction of sp³-hybridized carbons (Fsp3) is 0.391. The van der Waals surface area contributed by atoms with Crippen molar-refractivity contribution in [3.05, 3.63) is 141 Å². The summed E-state index contributed by atoms with van der Waals surface area (Å²) in [5.74, 6) is 2.81. The molecule has 23 nitrogen and oxygen atoms in total. The van der Waals surface area contributed by atoms with Gasteiger partial charge in [0, 0.05) is 134 Å². The smallest absolute Gasteiger partial charge is 0.206 e. The van der Waals surface area contributed by atoms with E-state index >= 15 is 0 Å². The standard InChI is InChI=1S/C69H70N18O5S3/c70-39-72-64(69-71-15-29-93-69)46-4-1-18-85(34-46)65-50-10-7-49(33-55(50)73-40-76-65)84-24-28-92-60(38-84)62-14-13-61(94-62)57(88)35-80-16-2-19-86(43-80)67-52-11-8-48(32-56(52)75-42-78-67)83-23-27-91-59(37-83)45-5-12-53-63(30-45)95-68(79-53)58(89)36-81-17-3-20-87(44-81)66-51-9-6-47(31-54(51)74-41-77-66)82-21-25-90-26-22-82/h5-15,29-33,40-42,46,59-60H,1-4,16-28,34-38,43-44H2. The zero-order valence-electron chi connectivity index (χ0n) is 52.5. The number of Topliss-reactive ketones (excluding diaryl/α,β-unsaturated/α-hetero) is 2. The normalized spacial score (nSPS) is 20.5. The molecule has 4 aromatic carbocycles.